The Balaban J connectivity index is 1.71. The summed E-state index contributed by atoms with van der Waals surface area (Å²) in [4.78, 5) is 16.5. The fourth-order valence-electron chi connectivity index (χ4n) is 2.53. The second kappa shape index (κ2) is 8.15. The van der Waals surface area contributed by atoms with Crippen LogP contribution in [0.3, 0.4) is 0 Å². The summed E-state index contributed by atoms with van der Waals surface area (Å²) in [5, 5.41) is 5.45. The van der Waals surface area contributed by atoms with E-state index in [1.807, 2.05) is 44.2 Å². The molecule has 1 heterocycles. The number of rotatable bonds is 6. The smallest absolute Gasteiger partial charge is 0.270 e. The Kier molecular flexibility index (Phi) is 5.68. The van der Waals surface area contributed by atoms with Gasteiger partial charge < -0.3 is 10.1 Å². The van der Waals surface area contributed by atoms with Crippen molar-refractivity contribution in [2.24, 2.45) is 0 Å². The lowest BCUT2D eigenvalue weighted by Gasteiger charge is -2.08. The van der Waals surface area contributed by atoms with E-state index in [9.17, 15) is 4.79 Å². The lowest BCUT2D eigenvalue weighted by Crippen LogP contribution is -2.30. The van der Waals surface area contributed by atoms with Gasteiger partial charge in [0.1, 0.15) is 23.1 Å². The molecule has 4 nitrogen and oxygen atoms in total. The molecule has 1 amide bonds. The van der Waals surface area contributed by atoms with Crippen molar-refractivity contribution in [1.29, 1.82) is 0 Å². The van der Waals surface area contributed by atoms with Gasteiger partial charge in [-0.1, -0.05) is 42.0 Å². The van der Waals surface area contributed by atoms with Crippen molar-refractivity contribution in [1.82, 2.24) is 10.3 Å². The van der Waals surface area contributed by atoms with Gasteiger partial charge in [0, 0.05) is 17.0 Å². The predicted octanol–water partition coefficient (Wildman–Crippen LogP) is 4.84. The van der Waals surface area contributed by atoms with Crippen LogP contribution in [0.1, 0.15) is 35.5 Å². The van der Waals surface area contributed by atoms with Crippen LogP contribution in [0, 0.1) is 6.92 Å². The Bertz CT molecular complexity index is 902. The molecule has 0 unspecified atom stereocenters. The fourth-order valence-corrected chi connectivity index (χ4v) is 3.33. The molecule has 2 aromatic carbocycles. The molecular formula is C21H22N2O2S. The molecule has 134 valence electrons. The third kappa shape index (κ3) is 4.70. The van der Waals surface area contributed by atoms with E-state index in [0.717, 1.165) is 21.9 Å². The first-order valence-electron chi connectivity index (χ1n) is 8.56. The molecule has 0 saturated heterocycles. The number of aromatic nitrogens is 1. The lowest BCUT2D eigenvalue weighted by molar-refractivity contribution is 0.0939. The van der Waals surface area contributed by atoms with Gasteiger partial charge in [-0.15, -0.1) is 11.3 Å². The van der Waals surface area contributed by atoms with E-state index < -0.39 is 0 Å². The second-order valence-electron chi connectivity index (χ2n) is 6.47. The van der Waals surface area contributed by atoms with Gasteiger partial charge in [0.05, 0.1) is 0 Å². The monoisotopic (exact) mass is 366 g/mol. The number of aryl methyl sites for hydroxylation is 1. The summed E-state index contributed by atoms with van der Waals surface area (Å²) in [6.07, 6.45) is 0. The highest BCUT2D eigenvalue weighted by molar-refractivity contribution is 7.13. The number of amides is 1. The summed E-state index contributed by atoms with van der Waals surface area (Å²) in [6, 6.07) is 16.2. The molecule has 3 aromatic rings. The molecule has 1 aromatic heterocycles. The standard InChI is InChI=1S/C21H22N2O2S/c1-14(2)22-20(24)19-13-26-21(23-19)17-8-5-9-18(11-17)25-12-16-7-4-6-15(3)10-16/h4-11,13-14H,12H2,1-3H3,(H,22,24). The van der Waals surface area contributed by atoms with Crippen molar-refractivity contribution >= 4 is 17.2 Å². The molecule has 0 spiro atoms. The van der Waals surface area contributed by atoms with E-state index in [2.05, 4.69) is 35.4 Å². The number of ether oxygens (including phenoxy) is 1. The average Bonchev–Trinajstić information content (AvgIpc) is 3.10. The fraction of sp³-hybridized carbons (Fsp3) is 0.238. The first-order chi connectivity index (χ1) is 12.5. The molecule has 0 fully saturated rings. The number of nitrogens with one attached hydrogen (secondary N) is 1. The van der Waals surface area contributed by atoms with Gasteiger partial charge in [-0.05, 0) is 38.5 Å². The molecule has 1 N–H and O–H groups in total. The Labute approximate surface area is 157 Å². The van der Waals surface area contributed by atoms with Crippen LogP contribution in [0.4, 0.5) is 0 Å². The number of hydrogen-bond acceptors (Lipinski definition) is 4. The van der Waals surface area contributed by atoms with Crippen LogP contribution >= 0.6 is 11.3 Å². The largest absolute Gasteiger partial charge is 0.489 e. The van der Waals surface area contributed by atoms with Gasteiger partial charge in [-0.2, -0.15) is 0 Å². The van der Waals surface area contributed by atoms with Gasteiger partial charge in [0.25, 0.3) is 5.91 Å². The molecule has 0 aliphatic rings. The molecule has 0 bridgehead atoms. The van der Waals surface area contributed by atoms with E-state index >= 15 is 0 Å². The summed E-state index contributed by atoms with van der Waals surface area (Å²) < 4.78 is 5.91. The predicted molar refractivity (Wildman–Crippen MR) is 106 cm³/mol. The highest BCUT2D eigenvalue weighted by atomic mass is 32.1. The van der Waals surface area contributed by atoms with Crippen LogP contribution in [0.25, 0.3) is 10.6 Å². The van der Waals surface area contributed by atoms with Crippen molar-refractivity contribution in [2.45, 2.75) is 33.4 Å². The van der Waals surface area contributed by atoms with Crippen LogP contribution in [0.2, 0.25) is 0 Å². The van der Waals surface area contributed by atoms with E-state index in [0.29, 0.717) is 12.3 Å². The minimum absolute atomic E-state index is 0.0889. The van der Waals surface area contributed by atoms with Gasteiger partial charge in [0.15, 0.2) is 0 Å². The van der Waals surface area contributed by atoms with Crippen molar-refractivity contribution in [3.63, 3.8) is 0 Å². The molecule has 3 rings (SSSR count). The summed E-state index contributed by atoms with van der Waals surface area (Å²) in [6.45, 7) is 6.45. The van der Waals surface area contributed by atoms with E-state index in [1.165, 1.54) is 16.9 Å². The lowest BCUT2D eigenvalue weighted by atomic mass is 10.1. The Morgan fingerprint density at radius 1 is 1.19 bits per heavy atom. The van der Waals surface area contributed by atoms with Crippen molar-refractivity contribution < 1.29 is 9.53 Å². The zero-order valence-corrected chi connectivity index (χ0v) is 16.0. The number of thiazole rings is 1. The number of carbonyl (C=O) groups is 1. The van der Waals surface area contributed by atoms with Crippen LogP contribution in [0.5, 0.6) is 5.75 Å². The van der Waals surface area contributed by atoms with Crippen LogP contribution in [0.15, 0.2) is 53.9 Å². The first-order valence-corrected chi connectivity index (χ1v) is 9.44. The summed E-state index contributed by atoms with van der Waals surface area (Å²) in [7, 11) is 0. The Hall–Kier alpha value is -2.66. The molecule has 0 aliphatic carbocycles. The highest BCUT2D eigenvalue weighted by Gasteiger charge is 2.13. The van der Waals surface area contributed by atoms with Crippen molar-refractivity contribution in [3.8, 4) is 16.3 Å². The second-order valence-corrected chi connectivity index (χ2v) is 7.33. The molecule has 0 saturated carbocycles. The zero-order valence-electron chi connectivity index (χ0n) is 15.2. The number of nitrogens with zero attached hydrogens (tertiary/aromatic N) is 1. The quantitative estimate of drug-likeness (QED) is 0.679. The van der Waals surface area contributed by atoms with E-state index in [4.69, 9.17) is 4.74 Å². The topological polar surface area (TPSA) is 51.2 Å². The summed E-state index contributed by atoms with van der Waals surface area (Å²) in [5.74, 6) is 0.641. The van der Waals surface area contributed by atoms with Gasteiger partial charge in [-0.25, -0.2) is 4.98 Å². The maximum Gasteiger partial charge on any atom is 0.270 e. The number of carbonyl (C=O) groups excluding carboxylic acids is 1. The Morgan fingerprint density at radius 2 is 2.00 bits per heavy atom. The van der Waals surface area contributed by atoms with Crippen molar-refractivity contribution in [3.05, 3.63) is 70.7 Å². The Morgan fingerprint density at radius 3 is 2.77 bits per heavy atom. The first kappa shape index (κ1) is 18.1. The minimum atomic E-state index is -0.144. The normalized spacial score (nSPS) is 10.8. The molecule has 0 aliphatic heterocycles. The molecule has 0 atom stereocenters. The van der Waals surface area contributed by atoms with Gasteiger partial charge >= 0.3 is 0 Å². The van der Waals surface area contributed by atoms with Crippen LogP contribution < -0.4 is 10.1 Å². The van der Waals surface area contributed by atoms with Crippen LogP contribution in [-0.2, 0) is 6.61 Å². The van der Waals surface area contributed by atoms with Crippen molar-refractivity contribution in [2.75, 3.05) is 0 Å². The van der Waals surface area contributed by atoms with E-state index in [1.54, 1.807) is 5.38 Å². The third-order valence-electron chi connectivity index (χ3n) is 3.73. The van der Waals surface area contributed by atoms with Gasteiger partial charge in [-0.3, -0.25) is 4.79 Å². The highest BCUT2D eigenvalue weighted by Crippen LogP contribution is 2.27. The average molecular weight is 366 g/mol. The van der Waals surface area contributed by atoms with E-state index in [-0.39, 0.29) is 11.9 Å². The number of benzene rings is 2. The molecule has 26 heavy (non-hydrogen) atoms. The maximum absolute atomic E-state index is 12.1. The SMILES string of the molecule is Cc1cccc(COc2cccc(-c3nc(C(=O)NC(C)C)cs3)c2)c1. The molecule has 0 radical (unpaired) electrons. The van der Waals surface area contributed by atoms with Gasteiger partial charge in [0.2, 0.25) is 0 Å². The minimum Gasteiger partial charge on any atom is -0.489 e. The zero-order chi connectivity index (χ0) is 18.5. The third-order valence-corrected chi connectivity index (χ3v) is 4.62. The molecule has 5 heteroatoms. The maximum atomic E-state index is 12.1. The summed E-state index contributed by atoms with van der Waals surface area (Å²) >= 11 is 1.46. The molecular weight excluding hydrogens is 344 g/mol. The number of hydrogen-bond donors (Lipinski definition) is 1. The summed E-state index contributed by atoms with van der Waals surface area (Å²) in [5.41, 5.74) is 3.75. The van der Waals surface area contributed by atoms with Crippen LogP contribution in [-0.4, -0.2) is 16.9 Å².